The molecule has 126 valence electrons. The molecule has 22 heavy (non-hydrogen) atoms. The average Bonchev–Trinajstić information content (AvgIpc) is 2.42. The number of likely N-dealkylation sites (N-methyl/N-ethyl adjacent to an activating group) is 1. The topological polar surface area (TPSA) is 55.6 Å². The van der Waals surface area contributed by atoms with Crippen molar-refractivity contribution in [2.24, 2.45) is 11.7 Å². The number of carbonyl (C=O) groups is 1. The van der Waals surface area contributed by atoms with Gasteiger partial charge in [0.2, 0.25) is 0 Å². The highest BCUT2D eigenvalue weighted by molar-refractivity contribution is 9.10. The van der Waals surface area contributed by atoms with Crippen molar-refractivity contribution in [2.45, 2.75) is 26.3 Å². The Kier molecular flexibility index (Phi) is 9.64. The van der Waals surface area contributed by atoms with E-state index in [0.29, 0.717) is 16.9 Å². The fourth-order valence-electron chi connectivity index (χ4n) is 1.64. The minimum atomic E-state index is -0.498. The minimum Gasteiger partial charge on any atom is -0.481 e. The molecule has 1 aromatic carbocycles. The third kappa shape index (κ3) is 6.94. The second-order valence-electron chi connectivity index (χ2n) is 5.38. The van der Waals surface area contributed by atoms with Crippen molar-refractivity contribution >= 4 is 34.2 Å². The van der Waals surface area contributed by atoms with Gasteiger partial charge in [-0.3, -0.25) is 4.79 Å². The van der Waals surface area contributed by atoms with Gasteiger partial charge in [-0.15, -0.1) is 12.4 Å². The maximum atomic E-state index is 13.5. The van der Waals surface area contributed by atoms with Crippen molar-refractivity contribution in [1.82, 2.24) is 4.90 Å². The highest BCUT2D eigenvalue weighted by atomic mass is 79.9. The molecule has 1 aromatic rings. The molecule has 0 heterocycles. The third-order valence-corrected chi connectivity index (χ3v) is 3.82. The van der Waals surface area contributed by atoms with E-state index in [-0.39, 0.29) is 36.7 Å². The van der Waals surface area contributed by atoms with E-state index in [1.807, 2.05) is 13.8 Å². The van der Waals surface area contributed by atoms with E-state index >= 15 is 0 Å². The Bertz CT molecular complexity index is 489. The fourth-order valence-corrected chi connectivity index (χ4v) is 1.98. The van der Waals surface area contributed by atoms with Crippen LogP contribution in [0.2, 0.25) is 0 Å². The summed E-state index contributed by atoms with van der Waals surface area (Å²) >= 11 is 3.16. The molecule has 0 bridgehead atoms. The van der Waals surface area contributed by atoms with E-state index in [4.69, 9.17) is 10.5 Å². The number of nitrogens with two attached hydrogens (primary N) is 1. The van der Waals surface area contributed by atoms with Crippen molar-refractivity contribution in [3.8, 4) is 5.75 Å². The highest BCUT2D eigenvalue weighted by Crippen LogP contribution is 2.21. The first-order valence-electron chi connectivity index (χ1n) is 6.88. The standard InChI is InChI=1S/C15H22BrFN2O2.ClH/c1-10(2)13(18)6-7-19(3)15(20)9-21-14-5-4-11(16)8-12(14)17;/h4-5,8,10,13H,6-7,9,18H2,1-3H3;1H. The number of rotatable bonds is 7. The largest absolute Gasteiger partial charge is 0.481 e. The molecule has 0 saturated heterocycles. The van der Waals surface area contributed by atoms with E-state index in [0.717, 1.165) is 6.42 Å². The maximum absolute atomic E-state index is 13.5. The van der Waals surface area contributed by atoms with Gasteiger partial charge in [0.15, 0.2) is 18.2 Å². The molecule has 1 amide bonds. The molecular weight excluding hydrogens is 375 g/mol. The zero-order valence-corrected chi connectivity index (χ0v) is 15.4. The number of amides is 1. The first kappa shape index (κ1) is 21.1. The van der Waals surface area contributed by atoms with Crippen LogP contribution in [0.4, 0.5) is 4.39 Å². The molecule has 0 aliphatic heterocycles. The molecule has 1 unspecified atom stereocenters. The van der Waals surface area contributed by atoms with Crippen molar-refractivity contribution in [3.63, 3.8) is 0 Å². The van der Waals surface area contributed by atoms with Gasteiger partial charge in [-0.2, -0.15) is 0 Å². The third-order valence-electron chi connectivity index (χ3n) is 3.32. The van der Waals surface area contributed by atoms with E-state index in [9.17, 15) is 9.18 Å². The van der Waals surface area contributed by atoms with Crippen LogP contribution in [0.25, 0.3) is 0 Å². The van der Waals surface area contributed by atoms with Gasteiger partial charge >= 0.3 is 0 Å². The van der Waals surface area contributed by atoms with E-state index in [2.05, 4.69) is 15.9 Å². The predicted molar refractivity (Wildman–Crippen MR) is 91.9 cm³/mol. The number of ether oxygens (including phenoxy) is 1. The van der Waals surface area contributed by atoms with Gasteiger partial charge in [0.25, 0.3) is 5.91 Å². The number of halogens is 3. The first-order chi connectivity index (χ1) is 9.81. The monoisotopic (exact) mass is 396 g/mol. The summed E-state index contributed by atoms with van der Waals surface area (Å²) in [6.45, 7) is 4.47. The molecule has 0 fully saturated rings. The lowest BCUT2D eigenvalue weighted by Gasteiger charge is -2.21. The molecule has 4 nitrogen and oxygen atoms in total. The normalized spacial score (nSPS) is 11.8. The molecule has 2 N–H and O–H groups in total. The Morgan fingerprint density at radius 1 is 1.45 bits per heavy atom. The number of benzene rings is 1. The lowest BCUT2D eigenvalue weighted by atomic mass is 10.0. The highest BCUT2D eigenvalue weighted by Gasteiger charge is 2.14. The fraction of sp³-hybridized carbons (Fsp3) is 0.533. The lowest BCUT2D eigenvalue weighted by Crippen LogP contribution is -2.36. The molecule has 0 aliphatic rings. The van der Waals surface area contributed by atoms with E-state index in [1.165, 1.54) is 12.1 Å². The molecule has 1 atom stereocenters. The van der Waals surface area contributed by atoms with Crippen LogP contribution in [-0.4, -0.2) is 37.0 Å². The van der Waals surface area contributed by atoms with Gasteiger partial charge in [0.1, 0.15) is 0 Å². The van der Waals surface area contributed by atoms with Crippen molar-refractivity contribution in [2.75, 3.05) is 20.2 Å². The molecule has 0 radical (unpaired) electrons. The summed E-state index contributed by atoms with van der Waals surface area (Å²) in [5, 5.41) is 0. The summed E-state index contributed by atoms with van der Waals surface area (Å²) in [5.41, 5.74) is 5.94. The summed E-state index contributed by atoms with van der Waals surface area (Å²) in [6.07, 6.45) is 0.729. The molecule has 0 spiro atoms. The Hall–Kier alpha value is -0.850. The molecular formula is C15H23BrClFN2O2. The molecule has 7 heteroatoms. The zero-order valence-electron chi connectivity index (χ0n) is 13.0. The smallest absolute Gasteiger partial charge is 0.260 e. The molecule has 0 aliphatic carbocycles. The number of carbonyl (C=O) groups excluding carboxylic acids is 1. The van der Waals surface area contributed by atoms with Crippen LogP contribution in [-0.2, 0) is 4.79 Å². The van der Waals surface area contributed by atoms with Crippen LogP contribution in [0.15, 0.2) is 22.7 Å². The van der Waals surface area contributed by atoms with Crippen molar-refractivity contribution in [1.29, 1.82) is 0 Å². The van der Waals surface area contributed by atoms with Gasteiger partial charge in [-0.25, -0.2) is 4.39 Å². The maximum Gasteiger partial charge on any atom is 0.260 e. The van der Waals surface area contributed by atoms with Gasteiger partial charge < -0.3 is 15.4 Å². The van der Waals surface area contributed by atoms with Crippen molar-refractivity contribution in [3.05, 3.63) is 28.5 Å². The first-order valence-corrected chi connectivity index (χ1v) is 7.68. The molecule has 1 rings (SSSR count). The summed E-state index contributed by atoms with van der Waals surface area (Å²) in [4.78, 5) is 13.5. The van der Waals surface area contributed by atoms with E-state index in [1.54, 1.807) is 18.0 Å². The lowest BCUT2D eigenvalue weighted by molar-refractivity contribution is -0.132. The van der Waals surface area contributed by atoms with Crippen LogP contribution in [0.5, 0.6) is 5.75 Å². The molecule has 0 saturated carbocycles. The van der Waals surface area contributed by atoms with Crippen LogP contribution in [0.3, 0.4) is 0 Å². The number of nitrogens with zero attached hydrogens (tertiary/aromatic N) is 1. The zero-order chi connectivity index (χ0) is 16.0. The minimum absolute atomic E-state index is 0. The number of hydrogen-bond donors (Lipinski definition) is 1. The Morgan fingerprint density at radius 2 is 2.09 bits per heavy atom. The van der Waals surface area contributed by atoms with Crippen LogP contribution >= 0.6 is 28.3 Å². The second-order valence-corrected chi connectivity index (χ2v) is 6.29. The predicted octanol–water partition coefficient (Wildman–Crippen LogP) is 3.22. The van der Waals surface area contributed by atoms with Gasteiger partial charge in [-0.05, 0) is 30.5 Å². The quantitative estimate of drug-likeness (QED) is 0.768. The second kappa shape index (κ2) is 10.0. The van der Waals surface area contributed by atoms with Crippen LogP contribution < -0.4 is 10.5 Å². The Morgan fingerprint density at radius 3 is 2.64 bits per heavy atom. The summed E-state index contributed by atoms with van der Waals surface area (Å²) < 4.78 is 19.4. The van der Waals surface area contributed by atoms with Crippen LogP contribution in [0.1, 0.15) is 20.3 Å². The Balaban J connectivity index is 0.00000441. The van der Waals surface area contributed by atoms with Crippen LogP contribution in [0, 0.1) is 11.7 Å². The SMILES string of the molecule is CC(C)C(N)CCN(C)C(=O)COc1ccc(Br)cc1F.Cl. The summed E-state index contributed by atoms with van der Waals surface area (Å²) in [6, 6.07) is 4.51. The summed E-state index contributed by atoms with van der Waals surface area (Å²) in [7, 11) is 1.69. The van der Waals surface area contributed by atoms with E-state index < -0.39 is 5.82 Å². The van der Waals surface area contributed by atoms with Crippen molar-refractivity contribution < 1.29 is 13.9 Å². The number of hydrogen-bond acceptors (Lipinski definition) is 3. The molecule has 0 aromatic heterocycles. The average molecular weight is 398 g/mol. The van der Waals surface area contributed by atoms with Gasteiger partial charge in [0.05, 0.1) is 0 Å². The Labute approximate surface area is 145 Å². The summed E-state index contributed by atoms with van der Waals surface area (Å²) in [5.74, 6) is -0.254. The van der Waals surface area contributed by atoms with Gasteiger partial charge in [0, 0.05) is 24.1 Å². The van der Waals surface area contributed by atoms with Gasteiger partial charge in [-0.1, -0.05) is 29.8 Å².